The van der Waals surface area contributed by atoms with Crippen LogP contribution in [0.25, 0.3) is 0 Å². The maximum absolute atomic E-state index is 5.60. The molecule has 0 radical (unpaired) electrons. The minimum atomic E-state index is 0.455. The van der Waals surface area contributed by atoms with E-state index in [0.717, 1.165) is 12.5 Å². The zero-order chi connectivity index (χ0) is 11.8. The number of hydrogen-bond acceptors (Lipinski definition) is 2. The van der Waals surface area contributed by atoms with Crippen molar-refractivity contribution in [3.63, 3.8) is 0 Å². The summed E-state index contributed by atoms with van der Waals surface area (Å²) in [6.07, 6.45) is 2.57. The van der Waals surface area contributed by atoms with E-state index in [-0.39, 0.29) is 0 Å². The van der Waals surface area contributed by atoms with Crippen molar-refractivity contribution in [1.82, 2.24) is 4.90 Å². The van der Waals surface area contributed by atoms with Gasteiger partial charge in [-0.3, -0.25) is 0 Å². The lowest BCUT2D eigenvalue weighted by atomic mass is 9.98. The van der Waals surface area contributed by atoms with Gasteiger partial charge in [-0.15, -0.1) is 0 Å². The van der Waals surface area contributed by atoms with Crippen molar-refractivity contribution in [3.8, 4) is 11.8 Å². The quantitative estimate of drug-likeness (QED) is 0.536. The van der Waals surface area contributed by atoms with Gasteiger partial charge >= 0.3 is 0 Å². The number of hydrogen-bond donors (Lipinski definition) is 0. The zero-order valence-corrected chi connectivity index (χ0v) is 11.0. The van der Waals surface area contributed by atoms with E-state index in [2.05, 4.69) is 37.5 Å². The molecule has 0 N–H and O–H groups in total. The van der Waals surface area contributed by atoms with E-state index in [1.807, 2.05) is 0 Å². The summed E-state index contributed by atoms with van der Waals surface area (Å²) >= 11 is 0. The Hall–Kier alpha value is -0.520. The summed E-state index contributed by atoms with van der Waals surface area (Å²) in [5.74, 6) is 7.39. The third-order valence-electron chi connectivity index (χ3n) is 3.07. The van der Waals surface area contributed by atoms with Crippen molar-refractivity contribution >= 4 is 0 Å². The topological polar surface area (TPSA) is 12.5 Å². The summed E-state index contributed by atoms with van der Waals surface area (Å²) in [4.78, 5) is 2.51. The predicted molar refractivity (Wildman–Crippen MR) is 68.3 cm³/mol. The minimum absolute atomic E-state index is 0.455. The standard InChI is InChI=1S/C14H25NO/c1-4-15-9-7-14(8-10-15)12-16-11-5-6-13(2)3/h13-14H,4,7-12H2,1-3H3. The monoisotopic (exact) mass is 223 g/mol. The fraction of sp³-hybridized carbons (Fsp3) is 0.857. The van der Waals surface area contributed by atoms with Gasteiger partial charge in [-0.25, -0.2) is 0 Å². The van der Waals surface area contributed by atoms with Crippen LogP contribution in [-0.4, -0.2) is 37.7 Å². The first kappa shape index (κ1) is 13.5. The molecule has 1 rings (SSSR count). The Kier molecular flexibility index (Phi) is 6.52. The summed E-state index contributed by atoms with van der Waals surface area (Å²) in [5, 5.41) is 0. The van der Waals surface area contributed by atoms with E-state index in [4.69, 9.17) is 4.74 Å². The summed E-state index contributed by atoms with van der Waals surface area (Å²) < 4.78 is 5.60. The number of likely N-dealkylation sites (tertiary alicyclic amines) is 1. The van der Waals surface area contributed by atoms with E-state index in [1.54, 1.807) is 0 Å². The second kappa shape index (κ2) is 7.70. The van der Waals surface area contributed by atoms with E-state index < -0.39 is 0 Å². The smallest absolute Gasteiger partial charge is 0.107 e. The highest BCUT2D eigenvalue weighted by molar-refractivity contribution is 5.01. The van der Waals surface area contributed by atoms with Crippen LogP contribution in [0.5, 0.6) is 0 Å². The van der Waals surface area contributed by atoms with Gasteiger partial charge < -0.3 is 9.64 Å². The van der Waals surface area contributed by atoms with E-state index >= 15 is 0 Å². The van der Waals surface area contributed by atoms with E-state index in [9.17, 15) is 0 Å². The lowest BCUT2D eigenvalue weighted by molar-refractivity contribution is 0.0860. The van der Waals surface area contributed by atoms with Crippen molar-refractivity contribution < 1.29 is 4.74 Å². The molecule has 92 valence electrons. The Labute approximate surface area is 100 Å². The molecule has 2 heteroatoms. The number of piperidine rings is 1. The molecule has 0 aromatic rings. The van der Waals surface area contributed by atoms with Gasteiger partial charge in [-0.2, -0.15) is 0 Å². The number of rotatable bonds is 4. The summed E-state index contributed by atoms with van der Waals surface area (Å²) in [5.41, 5.74) is 0. The van der Waals surface area contributed by atoms with Crippen LogP contribution >= 0.6 is 0 Å². The molecule has 0 amide bonds. The molecule has 1 fully saturated rings. The predicted octanol–water partition coefficient (Wildman–Crippen LogP) is 2.39. The van der Waals surface area contributed by atoms with Gasteiger partial charge in [0.25, 0.3) is 0 Å². The second-order valence-corrected chi connectivity index (χ2v) is 4.87. The van der Waals surface area contributed by atoms with Crippen molar-refractivity contribution in [2.45, 2.75) is 33.6 Å². The van der Waals surface area contributed by atoms with Crippen LogP contribution < -0.4 is 0 Å². The van der Waals surface area contributed by atoms with Crippen LogP contribution in [0.2, 0.25) is 0 Å². The SMILES string of the molecule is CCN1CCC(COCC#CC(C)C)CC1. The maximum Gasteiger partial charge on any atom is 0.107 e. The first-order valence-electron chi connectivity index (χ1n) is 6.50. The van der Waals surface area contributed by atoms with Crippen LogP contribution in [0, 0.1) is 23.7 Å². The van der Waals surface area contributed by atoms with Gasteiger partial charge in [0.1, 0.15) is 6.61 Å². The van der Waals surface area contributed by atoms with E-state index in [0.29, 0.717) is 12.5 Å². The van der Waals surface area contributed by atoms with E-state index in [1.165, 1.54) is 32.5 Å². The third-order valence-corrected chi connectivity index (χ3v) is 3.07. The molecule has 2 nitrogen and oxygen atoms in total. The molecule has 0 saturated carbocycles. The first-order chi connectivity index (χ1) is 7.72. The number of nitrogens with zero attached hydrogens (tertiary/aromatic N) is 1. The van der Waals surface area contributed by atoms with Crippen molar-refractivity contribution in [3.05, 3.63) is 0 Å². The molecule has 0 aromatic carbocycles. The third kappa shape index (κ3) is 5.53. The van der Waals surface area contributed by atoms with Gasteiger partial charge in [-0.05, 0) is 38.4 Å². The highest BCUT2D eigenvalue weighted by Crippen LogP contribution is 2.16. The molecule has 1 saturated heterocycles. The lowest BCUT2D eigenvalue weighted by Crippen LogP contribution is -2.34. The Bertz CT molecular complexity index is 231. The van der Waals surface area contributed by atoms with Crippen LogP contribution in [0.3, 0.4) is 0 Å². The van der Waals surface area contributed by atoms with Gasteiger partial charge in [0.15, 0.2) is 0 Å². The highest BCUT2D eigenvalue weighted by atomic mass is 16.5. The van der Waals surface area contributed by atoms with Gasteiger partial charge in [-0.1, -0.05) is 32.6 Å². The fourth-order valence-corrected chi connectivity index (χ4v) is 1.99. The molecule has 0 spiro atoms. The summed E-state index contributed by atoms with van der Waals surface area (Å²) in [7, 11) is 0. The molecule has 0 aliphatic carbocycles. The minimum Gasteiger partial charge on any atom is -0.368 e. The normalized spacial score (nSPS) is 18.5. The van der Waals surface area contributed by atoms with Crippen LogP contribution in [0.15, 0.2) is 0 Å². The Balaban J connectivity index is 2.05. The Morgan fingerprint density at radius 1 is 1.31 bits per heavy atom. The molecule has 1 aliphatic rings. The van der Waals surface area contributed by atoms with Crippen molar-refractivity contribution in [2.24, 2.45) is 11.8 Å². The molecule has 0 aromatic heterocycles. The molecular formula is C14H25NO. The van der Waals surface area contributed by atoms with Gasteiger partial charge in [0.05, 0.1) is 6.61 Å². The van der Waals surface area contributed by atoms with Crippen LogP contribution in [0.4, 0.5) is 0 Å². The highest BCUT2D eigenvalue weighted by Gasteiger charge is 2.17. The first-order valence-corrected chi connectivity index (χ1v) is 6.50. The molecule has 16 heavy (non-hydrogen) atoms. The van der Waals surface area contributed by atoms with Crippen molar-refractivity contribution in [1.29, 1.82) is 0 Å². The largest absolute Gasteiger partial charge is 0.368 e. The molecular weight excluding hydrogens is 198 g/mol. The Morgan fingerprint density at radius 3 is 2.56 bits per heavy atom. The molecule has 1 heterocycles. The summed E-state index contributed by atoms with van der Waals surface area (Å²) in [6.45, 7) is 11.6. The fourth-order valence-electron chi connectivity index (χ4n) is 1.99. The molecule has 1 aliphatic heterocycles. The summed E-state index contributed by atoms with van der Waals surface area (Å²) in [6, 6.07) is 0. The molecule has 0 atom stereocenters. The average molecular weight is 223 g/mol. The molecule has 0 unspecified atom stereocenters. The second-order valence-electron chi connectivity index (χ2n) is 4.87. The molecule has 0 bridgehead atoms. The van der Waals surface area contributed by atoms with Crippen molar-refractivity contribution in [2.75, 3.05) is 32.8 Å². The average Bonchev–Trinajstić information content (AvgIpc) is 2.29. The van der Waals surface area contributed by atoms with Crippen LogP contribution in [-0.2, 0) is 4.74 Å². The van der Waals surface area contributed by atoms with Gasteiger partial charge in [0.2, 0.25) is 0 Å². The zero-order valence-electron chi connectivity index (χ0n) is 11.0. The maximum atomic E-state index is 5.60. The van der Waals surface area contributed by atoms with Crippen LogP contribution in [0.1, 0.15) is 33.6 Å². The lowest BCUT2D eigenvalue weighted by Gasteiger charge is -2.30. The van der Waals surface area contributed by atoms with Gasteiger partial charge in [0, 0.05) is 5.92 Å². The number of ether oxygens (including phenoxy) is 1. The Morgan fingerprint density at radius 2 is 2.00 bits per heavy atom.